The van der Waals surface area contributed by atoms with Crippen molar-refractivity contribution in [1.82, 2.24) is 10.2 Å². The summed E-state index contributed by atoms with van der Waals surface area (Å²) in [5, 5.41) is 12.3. The van der Waals surface area contributed by atoms with Crippen LogP contribution in [0, 0.1) is 0 Å². The second-order valence-corrected chi connectivity index (χ2v) is 6.75. The molecule has 27 heavy (non-hydrogen) atoms. The third-order valence-electron chi connectivity index (χ3n) is 4.78. The molecule has 7 nitrogen and oxygen atoms in total. The molecule has 148 valence electrons. The zero-order chi connectivity index (χ0) is 19.8. The number of carbonyl (C=O) groups excluding carboxylic acids is 2. The summed E-state index contributed by atoms with van der Waals surface area (Å²) in [6.07, 6.45) is 2.29. The van der Waals surface area contributed by atoms with Gasteiger partial charge >= 0.3 is 11.9 Å². The van der Waals surface area contributed by atoms with Crippen LogP contribution < -0.4 is 5.32 Å². The topological polar surface area (TPSA) is 95.9 Å². The van der Waals surface area contributed by atoms with E-state index in [1.54, 1.807) is 13.8 Å². The van der Waals surface area contributed by atoms with Crippen molar-refractivity contribution in [3.8, 4) is 0 Å². The van der Waals surface area contributed by atoms with Gasteiger partial charge in [0.25, 0.3) is 0 Å². The number of ether oxygens (including phenoxy) is 1. The molecule has 1 fully saturated rings. The van der Waals surface area contributed by atoms with Crippen LogP contribution in [0.5, 0.6) is 0 Å². The Labute approximate surface area is 159 Å². The van der Waals surface area contributed by atoms with Crippen LogP contribution in [0.4, 0.5) is 0 Å². The zero-order valence-corrected chi connectivity index (χ0v) is 15.9. The maximum atomic E-state index is 12.7. The van der Waals surface area contributed by atoms with Crippen LogP contribution >= 0.6 is 0 Å². The van der Waals surface area contributed by atoms with Gasteiger partial charge < -0.3 is 14.7 Å². The van der Waals surface area contributed by atoms with Crippen LogP contribution in [0.2, 0.25) is 0 Å². The maximum absolute atomic E-state index is 12.7. The second-order valence-electron chi connectivity index (χ2n) is 6.75. The van der Waals surface area contributed by atoms with E-state index in [-0.39, 0.29) is 12.5 Å². The largest absolute Gasteiger partial charge is 0.480 e. The molecule has 0 radical (unpaired) electrons. The molecule has 1 heterocycles. The molecule has 1 aromatic rings. The standard InChI is InChI=1S/C20H28N2O5/c1-3-27-20(26)16(12-11-15-8-5-4-6-9-15)21-14(2)18(23)22-13-7-10-17(22)19(24)25/h4-6,8-9,14,16-17,21H,3,7,10-13H2,1-2H3,(H,24,25)/t14?,16-,17?/m0/s1. The van der Waals surface area contributed by atoms with Crippen LogP contribution in [-0.2, 0) is 25.5 Å². The van der Waals surface area contributed by atoms with Crippen molar-refractivity contribution in [2.24, 2.45) is 0 Å². The van der Waals surface area contributed by atoms with Gasteiger partial charge in [-0.15, -0.1) is 0 Å². The van der Waals surface area contributed by atoms with Gasteiger partial charge in [-0.05, 0) is 45.1 Å². The summed E-state index contributed by atoms with van der Waals surface area (Å²) in [6.45, 7) is 4.09. The Hall–Kier alpha value is -2.41. The zero-order valence-electron chi connectivity index (χ0n) is 15.9. The van der Waals surface area contributed by atoms with E-state index in [0.29, 0.717) is 32.2 Å². The van der Waals surface area contributed by atoms with Gasteiger partial charge in [-0.3, -0.25) is 14.9 Å². The van der Waals surface area contributed by atoms with Gasteiger partial charge in [0.1, 0.15) is 12.1 Å². The molecule has 0 saturated carbocycles. The Bertz CT molecular complexity index is 649. The summed E-state index contributed by atoms with van der Waals surface area (Å²) in [5.74, 6) is -1.68. The van der Waals surface area contributed by atoms with Crippen LogP contribution in [0.25, 0.3) is 0 Å². The number of rotatable bonds is 9. The molecule has 0 spiro atoms. The Morgan fingerprint density at radius 1 is 1.30 bits per heavy atom. The van der Waals surface area contributed by atoms with E-state index in [0.717, 1.165) is 5.56 Å². The fourth-order valence-electron chi connectivity index (χ4n) is 3.38. The minimum Gasteiger partial charge on any atom is -0.480 e. The molecule has 1 saturated heterocycles. The Balaban J connectivity index is 2.01. The van der Waals surface area contributed by atoms with Gasteiger partial charge in [-0.1, -0.05) is 30.3 Å². The molecule has 7 heteroatoms. The van der Waals surface area contributed by atoms with Crippen molar-refractivity contribution in [1.29, 1.82) is 0 Å². The first kappa shape index (κ1) is 20.9. The molecule has 3 atom stereocenters. The fourth-order valence-corrected chi connectivity index (χ4v) is 3.38. The lowest BCUT2D eigenvalue weighted by atomic mass is 10.0. The number of carboxylic acids is 1. The first-order valence-corrected chi connectivity index (χ1v) is 9.44. The van der Waals surface area contributed by atoms with E-state index in [1.165, 1.54) is 4.90 Å². The van der Waals surface area contributed by atoms with E-state index >= 15 is 0 Å². The Morgan fingerprint density at radius 2 is 2.00 bits per heavy atom. The van der Waals surface area contributed by atoms with Crippen molar-refractivity contribution in [2.75, 3.05) is 13.2 Å². The number of aryl methyl sites for hydroxylation is 1. The second kappa shape index (κ2) is 10.1. The monoisotopic (exact) mass is 376 g/mol. The molecule has 0 aliphatic carbocycles. The molecule has 0 bridgehead atoms. The molecule has 1 amide bonds. The number of amides is 1. The minimum absolute atomic E-state index is 0.262. The highest BCUT2D eigenvalue weighted by molar-refractivity contribution is 5.88. The number of aliphatic carboxylic acids is 1. The maximum Gasteiger partial charge on any atom is 0.326 e. The van der Waals surface area contributed by atoms with Crippen molar-refractivity contribution < 1.29 is 24.2 Å². The van der Waals surface area contributed by atoms with Crippen molar-refractivity contribution in [3.63, 3.8) is 0 Å². The number of hydrogen-bond acceptors (Lipinski definition) is 5. The normalized spacial score (nSPS) is 18.7. The van der Waals surface area contributed by atoms with Crippen molar-refractivity contribution in [2.45, 2.75) is 57.7 Å². The van der Waals surface area contributed by atoms with Crippen LogP contribution in [0.3, 0.4) is 0 Å². The minimum atomic E-state index is -0.987. The highest BCUT2D eigenvalue weighted by Crippen LogP contribution is 2.19. The third-order valence-corrected chi connectivity index (χ3v) is 4.78. The van der Waals surface area contributed by atoms with Gasteiger partial charge in [0, 0.05) is 6.54 Å². The Kier molecular flexibility index (Phi) is 7.79. The van der Waals surface area contributed by atoms with Crippen molar-refractivity contribution >= 4 is 17.8 Å². The van der Waals surface area contributed by atoms with Crippen LogP contribution in [0.15, 0.2) is 30.3 Å². The number of hydrogen-bond donors (Lipinski definition) is 2. The SMILES string of the molecule is CCOC(=O)[C@H](CCc1ccccc1)NC(C)C(=O)N1CCCC1C(=O)O. The van der Waals surface area contributed by atoms with Gasteiger partial charge in [-0.25, -0.2) is 4.79 Å². The highest BCUT2D eigenvalue weighted by atomic mass is 16.5. The molecular formula is C20H28N2O5. The molecule has 1 aliphatic rings. The Morgan fingerprint density at radius 3 is 2.63 bits per heavy atom. The number of nitrogens with one attached hydrogen (secondary N) is 1. The van der Waals surface area contributed by atoms with Crippen molar-refractivity contribution in [3.05, 3.63) is 35.9 Å². The first-order chi connectivity index (χ1) is 12.9. The summed E-state index contributed by atoms with van der Waals surface area (Å²) in [4.78, 5) is 37.7. The van der Waals surface area contributed by atoms with E-state index in [4.69, 9.17) is 4.74 Å². The number of nitrogens with zero attached hydrogens (tertiary/aromatic N) is 1. The lowest BCUT2D eigenvalue weighted by molar-refractivity contribution is -0.150. The molecule has 1 aliphatic heterocycles. The molecule has 2 unspecified atom stereocenters. The van der Waals surface area contributed by atoms with Gasteiger partial charge in [0.05, 0.1) is 12.6 Å². The third kappa shape index (κ3) is 5.79. The predicted molar refractivity (Wildman–Crippen MR) is 100 cm³/mol. The first-order valence-electron chi connectivity index (χ1n) is 9.44. The van der Waals surface area contributed by atoms with E-state index in [1.807, 2.05) is 30.3 Å². The van der Waals surface area contributed by atoms with E-state index in [9.17, 15) is 19.5 Å². The summed E-state index contributed by atoms with van der Waals surface area (Å²) < 4.78 is 5.14. The lowest BCUT2D eigenvalue weighted by Crippen LogP contribution is -2.53. The fraction of sp³-hybridized carbons (Fsp3) is 0.550. The smallest absolute Gasteiger partial charge is 0.326 e. The summed E-state index contributed by atoms with van der Waals surface area (Å²) in [6, 6.07) is 7.69. The number of esters is 1. The molecule has 0 aromatic heterocycles. The number of carbonyl (C=O) groups is 3. The molecule has 1 aromatic carbocycles. The molecular weight excluding hydrogens is 348 g/mol. The average Bonchev–Trinajstić information content (AvgIpc) is 3.15. The number of carboxylic acid groups (broad SMARTS) is 1. The number of likely N-dealkylation sites (tertiary alicyclic amines) is 1. The predicted octanol–water partition coefficient (Wildman–Crippen LogP) is 1.60. The highest BCUT2D eigenvalue weighted by Gasteiger charge is 2.36. The number of benzene rings is 1. The van der Waals surface area contributed by atoms with Crippen LogP contribution in [-0.4, -0.2) is 59.1 Å². The molecule has 2 rings (SSSR count). The quantitative estimate of drug-likeness (QED) is 0.636. The van der Waals surface area contributed by atoms with Gasteiger partial charge in [-0.2, -0.15) is 0 Å². The summed E-state index contributed by atoms with van der Waals surface area (Å²) in [5.41, 5.74) is 1.10. The van der Waals surface area contributed by atoms with Gasteiger partial charge in [0.15, 0.2) is 0 Å². The van der Waals surface area contributed by atoms with Crippen LogP contribution in [0.1, 0.15) is 38.7 Å². The summed E-state index contributed by atoms with van der Waals surface area (Å²) in [7, 11) is 0. The van der Waals surface area contributed by atoms with E-state index in [2.05, 4.69) is 5.32 Å². The average molecular weight is 376 g/mol. The molecule has 2 N–H and O–H groups in total. The summed E-state index contributed by atoms with van der Waals surface area (Å²) >= 11 is 0. The van der Waals surface area contributed by atoms with E-state index < -0.39 is 30.1 Å². The lowest BCUT2D eigenvalue weighted by Gasteiger charge is -2.27. The van der Waals surface area contributed by atoms with Gasteiger partial charge in [0.2, 0.25) is 5.91 Å².